The van der Waals surface area contributed by atoms with Crippen molar-refractivity contribution in [2.24, 2.45) is 0 Å². The quantitative estimate of drug-likeness (QED) is 0.736. The summed E-state index contributed by atoms with van der Waals surface area (Å²) < 4.78 is 0. The van der Waals surface area contributed by atoms with Gasteiger partial charge in [-0.1, -0.05) is 42.5 Å². The van der Waals surface area contributed by atoms with Crippen LogP contribution in [-0.2, 0) is 16.1 Å². The summed E-state index contributed by atoms with van der Waals surface area (Å²) in [5.74, 6) is -2.62. The molecule has 0 unspecified atom stereocenters. The second-order valence-corrected chi connectivity index (χ2v) is 5.05. The van der Waals surface area contributed by atoms with Crippen LogP contribution in [0.5, 0.6) is 0 Å². The zero-order valence-corrected chi connectivity index (χ0v) is 13.2. The van der Waals surface area contributed by atoms with Crippen molar-refractivity contribution >= 4 is 17.6 Å². The summed E-state index contributed by atoms with van der Waals surface area (Å²) in [4.78, 5) is 18.9. The molecule has 0 heterocycles. The van der Waals surface area contributed by atoms with E-state index in [4.69, 9.17) is 10.2 Å². The van der Waals surface area contributed by atoms with Gasteiger partial charge in [-0.2, -0.15) is 0 Å². The zero-order valence-electron chi connectivity index (χ0n) is 13.2. The predicted molar refractivity (Wildman–Crippen MR) is 89.6 cm³/mol. The third kappa shape index (κ3) is 7.13. The maximum absolute atomic E-state index is 9.43. The Morgan fingerprint density at radius 2 is 1.52 bits per heavy atom. The molecule has 0 bridgehead atoms. The minimum atomic E-state index is -1.31. The van der Waals surface area contributed by atoms with Crippen molar-refractivity contribution in [3.63, 3.8) is 0 Å². The monoisotopic (exact) mass is 315 g/mol. The molecule has 2 rings (SSSR count). The number of carbonyl (C=O) groups is 2. The normalized spacial score (nSPS) is 9.48. The molecule has 23 heavy (non-hydrogen) atoms. The van der Waals surface area contributed by atoms with Crippen molar-refractivity contribution in [3.8, 4) is 0 Å². The highest BCUT2D eigenvalue weighted by atomic mass is 16.4. The summed E-state index contributed by atoms with van der Waals surface area (Å²) in [6.07, 6.45) is -0.806. The standard InChI is InChI=1S/C15H17N.C3H4O4/c1-12-7-6-10-15(13(12)2)16-11-14-8-4-3-5-9-14;4-2(5)1-3(6)7/h3-10,16H,11H2,1-2H3;1H2,(H,4,5)(H,6,7). The average molecular weight is 315 g/mol. The molecule has 0 aliphatic carbocycles. The van der Waals surface area contributed by atoms with Crippen molar-refractivity contribution in [1.82, 2.24) is 0 Å². The highest BCUT2D eigenvalue weighted by Crippen LogP contribution is 2.18. The van der Waals surface area contributed by atoms with E-state index in [2.05, 4.69) is 61.6 Å². The molecular formula is C18H21NO4. The van der Waals surface area contributed by atoms with Crippen LogP contribution in [0.15, 0.2) is 48.5 Å². The van der Waals surface area contributed by atoms with E-state index >= 15 is 0 Å². The van der Waals surface area contributed by atoms with Crippen LogP contribution in [0, 0.1) is 13.8 Å². The second-order valence-electron chi connectivity index (χ2n) is 5.05. The SMILES string of the molecule is Cc1cccc(NCc2ccccc2)c1C.O=C(O)CC(=O)O. The summed E-state index contributed by atoms with van der Waals surface area (Å²) in [6, 6.07) is 16.8. The first-order valence-electron chi connectivity index (χ1n) is 7.17. The van der Waals surface area contributed by atoms with Crippen LogP contribution in [0.25, 0.3) is 0 Å². The molecule has 5 nitrogen and oxygen atoms in total. The fourth-order valence-corrected chi connectivity index (χ4v) is 1.87. The van der Waals surface area contributed by atoms with Crippen molar-refractivity contribution in [3.05, 3.63) is 65.2 Å². The van der Waals surface area contributed by atoms with Gasteiger partial charge in [0, 0.05) is 12.2 Å². The molecule has 0 saturated heterocycles. The molecule has 0 aromatic heterocycles. The maximum atomic E-state index is 9.43. The van der Waals surface area contributed by atoms with Gasteiger partial charge in [-0.15, -0.1) is 0 Å². The van der Waals surface area contributed by atoms with Gasteiger partial charge in [-0.3, -0.25) is 9.59 Å². The number of aryl methyl sites for hydroxylation is 1. The Kier molecular flexibility index (Phi) is 7.33. The van der Waals surface area contributed by atoms with E-state index in [1.807, 2.05) is 6.07 Å². The average Bonchev–Trinajstić information content (AvgIpc) is 2.49. The smallest absolute Gasteiger partial charge is 0.314 e. The summed E-state index contributed by atoms with van der Waals surface area (Å²) in [5.41, 5.74) is 5.20. The molecule has 0 amide bonds. The third-order valence-electron chi connectivity index (χ3n) is 3.23. The number of carboxylic acid groups (broad SMARTS) is 2. The molecule has 2 aromatic rings. The number of anilines is 1. The Morgan fingerprint density at radius 3 is 2.04 bits per heavy atom. The molecule has 0 aliphatic rings. The highest BCUT2D eigenvalue weighted by molar-refractivity contribution is 5.88. The van der Waals surface area contributed by atoms with Gasteiger partial charge >= 0.3 is 11.9 Å². The summed E-state index contributed by atoms with van der Waals surface area (Å²) in [7, 11) is 0. The lowest BCUT2D eigenvalue weighted by Gasteiger charge is -2.11. The fourth-order valence-electron chi connectivity index (χ4n) is 1.87. The van der Waals surface area contributed by atoms with E-state index < -0.39 is 18.4 Å². The number of aliphatic carboxylic acids is 2. The topological polar surface area (TPSA) is 86.6 Å². The first-order chi connectivity index (χ1) is 10.9. The van der Waals surface area contributed by atoms with Crippen LogP contribution in [0.2, 0.25) is 0 Å². The van der Waals surface area contributed by atoms with Gasteiger partial charge in [0.15, 0.2) is 0 Å². The molecule has 122 valence electrons. The highest BCUT2D eigenvalue weighted by Gasteiger charge is 2.01. The van der Waals surface area contributed by atoms with Gasteiger partial charge in [0.05, 0.1) is 0 Å². The van der Waals surface area contributed by atoms with Gasteiger partial charge in [0.25, 0.3) is 0 Å². The van der Waals surface area contributed by atoms with Crippen LogP contribution < -0.4 is 5.32 Å². The summed E-state index contributed by atoms with van der Waals surface area (Å²) >= 11 is 0. The van der Waals surface area contributed by atoms with Crippen LogP contribution in [0.1, 0.15) is 23.1 Å². The second kappa shape index (κ2) is 9.25. The molecule has 0 aliphatic heterocycles. The third-order valence-corrected chi connectivity index (χ3v) is 3.23. The molecule has 0 fully saturated rings. The molecule has 0 saturated carbocycles. The number of hydrogen-bond donors (Lipinski definition) is 3. The van der Waals surface area contributed by atoms with Gasteiger partial charge in [0.2, 0.25) is 0 Å². The van der Waals surface area contributed by atoms with E-state index in [-0.39, 0.29) is 0 Å². The number of rotatable bonds is 5. The largest absolute Gasteiger partial charge is 0.481 e. The Balaban J connectivity index is 0.000000322. The lowest BCUT2D eigenvalue weighted by Crippen LogP contribution is -2.03. The molecule has 5 heteroatoms. The van der Waals surface area contributed by atoms with Crippen LogP contribution in [0.4, 0.5) is 5.69 Å². The van der Waals surface area contributed by atoms with Crippen LogP contribution in [0.3, 0.4) is 0 Å². The Morgan fingerprint density at radius 1 is 0.913 bits per heavy atom. The predicted octanol–water partition coefficient (Wildman–Crippen LogP) is 3.46. The maximum Gasteiger partial charge on any atom is 0.314 e. The van der Waals surface area contributed by atoms with Gasteiger partial charge in [-0.25, -0.2) is 0 Å². The minimum Gasteiger partial charge on any atom is -0.481 e. The van der Waals surface area contributed by atoms with E-state index in [0.717, 1.165) is 6.54 Å². The van der Waals surface area contributed by atoms with Gasteiger partial charge < -0.3 is 15.5 Å². The molecule has 0 radical (unpaired) electrons. The lowest BCUT2D eigenvalue weighted by molar-refractivity contribution is -0.147. The van der Waals surface area contributed by atoms with Crippen LogP contribution in [-0.4, -0.2) is 22.2 Å². The van der Waals surface area contributed by atoms with Crippen molar-refractivity contribution in [2.45, 2.75) is 26.8 Å². The van der Waals surface area contributed by atoms with Crippen LogP contribution >= 0.6 is 0 Å². The Hall–Kier alpha value is -2.82. The first-order valence-corrected chi connectivity index (χ1v) is 7.17. The molecule has 2 aromatic carbocycles. The number of carboxylic acids is 2. The van der Waals surface area contributed by atoms with Crippen molar-refractivity contribution in [1.29, 1.82) is 0 Å². The van der Waals surface area contributed by atoms with Gasteiger partial charge in [0.1, 0.15) is 6.42 Å². The zero-order chi connectivity index (χ0) is 17.2. The number of hydrogen-bond acceptors (Lipinski definition) is 3. The summed E-state index contributed by atoms with van der Waals surface area (Å²) in [6.45, 7) is 5.18. The Bertz CT molecular complexity index is 641. The lowest BCUT2D eigenvalue weighted by atomic mass is 10.1. The Labute approximate surface area is 135 Å². The van der Waals surface area contributed by atoms with E-state index in [0.29, 0.717) is 0 Å². The van der Waals surface area contributed by atoms with E-state index in [1.54, 1.807) is 0 Å². The number of benzene rings is 2. The first kappa shape index (κ1) is 18.2. The van der Waals surface area contributed by atoms with E-state index in [9.17, 15) is 9.59 Å². The van der Waals surface area contributed by atoms with Crippen molar-refractivity contribution < 1.29 is 19.8 Å². The summed E-state index contributed by atoms with van der Waals surface area (Å²) in [5, 5.41) is 18.9. The van der Waals surface area contributed by atoms with Gasteiger partial charge in [-0.05, 0) is 36.6 Å². The fraction of sp³-hybridized carbons (Fsp3) is 0.222. The molecule has 0 atom stereocenters. The molecule has 0 spiro atoms. The minimum absolute atomic E-state index is 0.806. The van der Waals surface area contributed by atoms with Crippen molar-refractivity contribution in [2.75, 3.05) is 5.32 Å². The molecular weight excluding hydrogens is 294 g/mol. The van der Waals surface area contributed by atoms with E-state index in [1.165, 1.54) is 22.4 Å². The molecule has 3 N–H and O–H groups in total. The number of nitrogens with one attached hydrogen (secondary N) is 1.